The van der Waals surface area contributed by atoms with Crippen molar-refractivity contribution >= 4 is 39.9 Å². The standard InChI is InChI=1S/C9H5F3INO2S/c1-2-16-8(15)6-5(13)4(3-14)7(17-6)9(10,11)12/h2H2,1H3. The molecular weight excluding hydrogens is 370 g/mol. The van der Waals surface area contributed by atoms with Crippen molar-refractivity contribution in [3.63, 3.8) is 0 Å². The van der Waals surface area contributed by atoms with Crippen molar-refractivity contribution in [1.82, 2.24) is 0 Å². The number of hydrogen-bond acceptors (Lipinski definition) is 4. The van der Waals surface area contributed by atoms with E-state index >= 15 is 0 Å². The Morgan fingerprint density at radius 1 is 1.59 bits per heavy atom. The van der Waals surface area contributed by atoms with E-state index in [1.807, 2.05) is 0 Å². The number of carbonyl (C=O) groups excluding carboxylic acids is 1. The first kappa shape index (κ1) is 14.2. The molecule has 92 valence electrons. The molecule has 3 nitrogen and oxygen atoms in total. The van der Waals surface area contributed by atoms with Crippen molar-refractivity contribution in [2.45, 2.75) is 13.1 Å². The zero-order valence-corrected chi connectivity index (χ0v) is 11.4. The number of ether oxygens (including phenoxy) is 1. The summed E-state index contributed by atoms with van der Waals surface area (Å²) in [5, 5.41) is 8.69. The Hall–Kier alpha value is -0.820. The number of thiophene rings is 1. The van der Waals surface area contributed by atoms with Crippen LogP contribution in [0, 0.1) is 14.9 Å². The summed E-state index contributed by atoms with van der Waals surface area (Å²) >= 11 is 1.78. The number of esters is 1. The molecule has 0 spiro atoms. The number of rotatable bonds is 2. The van der Waals surface area contributed by atoms with E-state index in [9.17, 15) is 18.0 Å². The van der Waals surface area contributed by atoms with Crippen molar-refractivity contribution in [2.24, 2.45) is 0 Å². The van der Waals surface area contributed by atoms with Gasteiger partial charge in [-0.1, -0.05) is 0 Å². The fourth-order valence-corrected chi connectivity index (χ4v) is 3.07. The molecule has 0 amide bonds. The summed E-state index contributed by atoms with van der Waals surface area (Å²) in [6, 6.07) is 1.46. The lowest BCUT2D eigenvalue weighted by Crippen LogP contribution is -2.04. The molecule has 8 heteroatoms. The van der Waals surface area contributed by atoms with Crippen molar-refractivity contribution < 1.29 is 22.7 Å². The van der Waals surface area contributed by atoms with Crippen LogP contribution < -0.4 is 0 Å². The number of hydrogen-bond donors (Lipinski definition) is 0. The van der Waals surface area contributed by atoms with Gasteiger partial charge in [0.1, 0.15) is 15.8 Å². The molecule has 0 saturated heterocycles. The first-order valence-corrected chi connectivity index (χ1v) is 6.19. The summed E-state index contributed by atoms with van der Waals surface area (Å²) < 4.78 is 42.4. The van der Waals surface area contributed by atoms with Gasteiger partial charge in [-0.3, -0.25) is 0 Å². The molecule has 1 rings (SSSR count). The van der Waals surface area contributed by atoms with Crippen molar-refractivity contribution in [3.05, 3.63) is 18.9 Å². The Morgan fingerprint density at radius 3 is 2.53 bits per heavy atom. The Kier molecular flexibility index (Phi) is 4.37. The molecule has 0 bridgehead atoms. The molecule has 0 saturated carbocycles. The topological polar surface area (TPSA) is 50.1 Å². The maximum Gasteiger partial charge on any atom is 0.426 e. The Bertz CT molecular complexity index is 490. The highest BCUT2D eigenvalue weighted by Crippen LogP contribution is 2.41. The van der Waals surface area contributed by atoms with Crippen molar-refractivity contribution in [1.29, 1.82) is 5.26 Å². The largest absolute Gasteiger partial charge is 0.462 e. The molecule has 0 aromatic carbocycles. The number of nitrogens with zero attached hydrogens (tertiary/aromatic N) is 1. The molecule has 1 aromatic heterocycles. The minimum atomic E-state index is -4.64. The molecule has 0 fully saturated rings. The van der Waals surface area contributed by atoms with Crippen LogP contribution in [0.3, 0.4) is 0 Å². The van der Waals surface area contributed by atoms with Gasteiger partial charge in [-0.15, -0.1) is 11.3 Å². The maximum atomic E-state index is 12.6. The molecule has 0 atom stereocenters. The van der Waals surface area contributed by atoms with Crippen LogP contribution in [0.4, 0.5) is 13.2 Å². The van der Waals surface area contributed by atoms with E-state index in [0.717, 1.165) is 0 Å². The van der Waals surface area contributed by atoms with Crippen LogP contribution >= 0.6 is 33.9 Å². The second-order valence-corrected chi connectivity index (χ2v) is 4.88. The van der Waals surface area contributed by atoms with Gasteiger partial charge in [-0.2, -0.15) is 18.4 Å². The highest BCUT2D eigenvalue weighted by atomic mass is 127. The molecule has 17 heavy (non-hydrogen) atoms. The van der Waals surface area contributed by atoms with Gasteiger partial charge in [0.15, 0.2) is 0 Å². The van der Waals surface area contributed by atoms with Gasteiger partial charge in [0, 0.05) is 0 Å². The Balaban J connectivity index is 3.34. The van der Waals surface area contributed by atoms with Crippen molar-refractivity contribution in [3.8, 4) is 6.07 Å². The van der Waals surface area contributed by atoms with Crippen LogP contribution in [0.25, 0.3) is 0 Å². The van der Waals surface area contributed by atoms with Gasteiger partial charge in [-0.05, 0) is 29.5 Å². The van der Waals surface area contributed by atoms with E-state index in [0.29, 0.717) is 0 Å². The fraction of sp³-hybridized carbons (Fsp3) is 0.333. The first-order valence-electron chi connectivity index (χ1n) is 4.29. The third-order valence-corrected chi connectivity index (χ3v) is 4.34. The van der Waals surface area contributed by atoms with Gasteiger partial charge >= 0.3 is 12.1 Å². The SMILES string of the molecule is CCOC(=O)c1sc(C(F)(F)F)c(C#N)c1I. The van der Waals surface area contributed by atoms with Gasteiger partial charge in [0.2, 0.25) is 0 Å². The molecule has 0 unspecified atom stereocenters. The number of carbonyl (C=O) groups is 1. The average Bonchev–Trinajstić information content (AvgIpc) is 2.55. The van der Waals surface area contributed by atoms with Gasteiger partial charge in [0.05, 0.1) is 15.7 Å². The third-order valence-electron chi connectivity index (χ3n) is 1.68. The highest BCUT2D eigenvalue weighted by Gasteiger charge is 2.39. The second-order valence-electron chi connectivity index (χ2n) is 2.78. The zero-order chi connectivity index (χ0) is 13.2. The van der Waals surface area contributed by atoms with Crippen LogP contribution in [0.2, 0.25) is 0 Å². The summed E-state index contributed by atoms with van der Waals surface area (Å²) in [6.07, 6.45) is -4.64. The zero-order valence-electron chi connectivity index (χ0n) is 8.39. The molecule has 0 aliphatic heterocycles. The molecule has 0 radical (unpaired) electrons. The highest BCUT2D eigenvalue weighted by molar-refractivity contribution is 14.1. The van der Waals surface area contributed by atoms with E-state index in [2.05, 4.69) is 4.74 Å². The van der Waals surface area contributed by atoms with E-state index in [4.69, 9.17) is 5.26 Å². The van der Waals surface area contributed by atoms with Crippen LogP contribution in [-0.2, 0) is 10.9 Å². The minimum Gasteiger partial charge on any atom is -0.462 e. The van der Waals surface area contributed by atoms with Gasteiger partial charge in [-0.25, -0.2) is 4.79 Å². The fourth-order valence-electron chi connectivity index (χ4n) is 1.04. The monoisotopic (exact) mass is 375 g/mol. The van der Waals surface area contributed by atoms with Crippen LogP contribution in [0.15, 0.2) is 0 Å². The lowest BCUT2D eigenvalue weighted by atomic mass is 10.2. The van der Waals surface area contributed by atoms with E-state index in [1.54, 1.807) is 29.5 Å². The van der Waals surface area contributed by atoms with E-state index < -0.39 is 22.6 Å². The number of alkyl halides is 3. The summed E-state index contributed by atoms with van der Waals surface area (Å²) in [7, 11) is 0. The summed E-state index contributed by atoms with van der Waals surface area (Å²) in [4.78, 5) is 10.1. The lowest BCUT2D eigenvalue weighted by molar-refractivity contribution is -0.134. The second kappa shape index (κ2) is 5.22. The lowest BCUT2D eigenvalue weighted by Gasteiger charge is -2.02. The Morgan fingerprint density at radius 2 is 2.18 bits per heavy atom. The van der Waals surface area contributed by atoms with Crippen LogP contribution in [0.1, 0.15) is 27.0 Å². The van der Waals surface area contributed by atoms with Crippen LogP contribution in [0.5, 0.6) is 0 Å². The molecule has 0 aliphatic rings. The summed E-state index contributed by atoms with van der Waals surface area (Å²) in [5.74, 6) is -0.839. The molecule has 1 aromatic rings. The van der Waals surface area contributed by atoms with Gasteiger partial charge < -0.3 is 4.74 Å². The Labute approximate surface area is 112 Å². The van der Waals surface area contributed by atoms with Gasteiger partial charge in [0.25, 0.3) is 0 Å². The molecule has 0 aliphatic carbocycles. The summed E-state index contributed by atoms with van der Waals surface area (Å²) in [5.41, 5.74) is -0.522. The summed E-state index contributed by atoms with van der Waals surface area (Å²) in [6.45, 7) is 1.62. The number of nitriles is 1. The molecule has 1 heterocycles. The van der Waals surface area contributed by atoms with E-state index in [1.165, 1.54) is 6.07 Å². The minimum absolute atomic E-state index is 0.0131. The quantitative estimate of drug-likeness (QED) is 0.588. The average molecular weight is 375 g/mol. The normalized spacial score (nSPS) is 11.1. The van der Waals surface area contributed by atoms with Crippen LogP contribution in [-0.4, -0.2) is 12.6 Å². The maximum absolute atomic E-state index is 12.6. The molecule has 0 N–H and O–H groups in total. The predicted octanol–water partition coefficient (Wildman–Crippen LogP) is 3.42. The first-order chi connectivity index (χ1) is 7.82. The number of halogens is 4. The van der Waals surface area contributed by atoms with E-state index in [-0.39, 0.29) is 26.4 Å². The molecular formula is C9H5F3INO2S. The van der Waals surface area contributed by atoms with Crippen molar-refractivity contribution in [2.75, 3.05) is 6.61 Å². The predicted molar refractivity (Wildman–Crippen MR) is 62.7 cm³/mol. The third kappa shape index (κ3) is 2.90. The smallest absolute Gasteiger partial charge is 0.426 e.